The van der Waals surface area contributed by atoms with Gasteiger partial charge in [0.15, 0.2) is 0 Å². The van der Waals surface area contributed by atoms with Crippen LogP contribution in [0.5, 0.6) is 0 Å². The minimum Gasteiger partial charge on any atom is -0.462 e. The molecule has 7 nitrogen and oxygen atoms in total. The summed E-state index contributed by atoms with van der Waals surface area (Å²) in [6, 6.07) is 5.62. The molecule has 0 bridgehead atoms. The summed E-state index contributed by atoms with van der Waals surface area (Å²) >= 11 is 1.29. The predicted octanol–water partition coefficient (Wildman–Crippen LogP) is 3.03. The number of aryl methyl sites for hydroxylation is 1. The minimum atomic E-state index is -1.00. The number of thiophene rings is 1. The number of anilines is 1. The molecular weight excluding hydrogens is 397 g/mol. The van der Waals surface area contributed by atoms with Crippen molar-refractivity contribution in [2.24, 2.45) is 5.10 Å². The average molecular weight is 417 g/mol. The molecule has 0 saturated carbocycles. The first-order chi connectivity index (χ1) is 14.0. The maximum Gasteiger partial charge on any atom is 0.341 e. The maximum absolute atomic E-state index is 13.1. The van der Waals surface area contributed by atoms with E-state index in [-0.39, 0.29) is 6.61 Å². The van der Waals surface area contributed by atoms with Crippen LogP contribution in [0.2, 0.25) is 0 Å². The summed E-state index contributed by atoms with van der Waals surface area (Å²) < 4.78 is 18.2. The molecule has 29 heavy (non-hydrogen) atoms. The van der Waals surface area contributed by atoms with Gasteiger partial charge in [0, 0.05) is 4.88 Å². The van der Waals surface area contributed by atoms with Crippen LogP contribution in [0, 0.1) is 5.82 Å². The van der Waals surface area contributed by atoms with Gasteiger partial charge in [-0.15, -0.1) is 11.3 Å². The van der Waals surface area contributed by atoms with Gasteiger partial charge < -0.3 is 10.1 Å². The van der Waals surface area contributed by atoms with Crippen molar-refractivity contribution in [3.05, 3.63) is 51.7 Å². The van der Waals surface area contributed by atoms with Crippen LogP contribution in [0.3, 0.4) is 0 Å². The number of ether oxygens (including phenoxy) is 1. The number of hydrogen-bond donors (Lipinski definition) is 2. The Labute approximate surface area is 171 Å². The van der Waals surface area contributed by atoms with Crippen LogP contribution in [0.25, 0.3) is 0 Å². The van der Waals surface area contributed by atoms with Crippen molar-refractivity contribution in [1.29, 1.82) is 0 Å². The lowest BCUT2D eigenvalue weighted by Crippen LogP contribution is -2.32. The summed E-state index contributed by atoms with van der Waals surface area (Å²) in [4.78, 5) is 37.7. The number of esters is 1. The van der Waals surface area contributed by atoms with Crippen LogP contribution >= 0.6 is 11.3 Å². The molecule has 3 rings (SSSR count). The summed E-state index contributed by atoms with van der Waals surface area (Å²) in [6.07, 6.45) is 4.76. The molecule has 0 spiro atoms. The number of nitrogens with zero attached hydrogens (tertiary/aromatic N) is 1. The molecule has 0 aliphatic heterocycles. The van der Waals surface area contributed by atoms with Gasteiger partial charge in [-0.25, -0.2) is 14.6 Å². The topological polar surface area (TPSA) is 96.9 Å². The van der Waals surface area contributed by atoms with Crippen molar-refractivity contribution in [1.82, 2.24) is 5.43 Å². The van der Waals surface area contributed by atoms with Gasteiger partial charge >= 0.3 is 17.8 Å². The first kappa shape index (κ1) is 20.7. The third-order valence-electron chi connectivity index (χ3n) is 4.31. The fraction of sp³-hybridized carbons (Fsp3) is 0.300. The molecule has 1 heterocycles. The third-order valence-corrected chi connectivity index (χ3v) is 5.52. The number of nitrogens with one attached hydrogen (secondary N) is 2. The van der Waals surface area contributed by atoms with Gasteiger partial charge in [-0.1, -0.05) is 12.1 Å². The van der Waals surface area contributed by atoms with E-state index in [4.69, 9.17) is 4.74 Å². The van der Waals surface area contributed by atoms with Crippen LogP contribution in [-0.4, -0.2) is 30.6 Å². The van der Waals surface area contributed by atoms with E-state index in [1.807, 2.05) is 0 Å². The van der Waals surface area contributed by atoms with Gasteiger partial charge in [0.05, 0.1) is 18.4 Å². The molecule has 2 aromatic rings. The Balaban J connectivity index is 1.70. The Morgan fingerprint density at radius 2 is 2.03 bits per heavy atom. The lowest BCUT2D eigenvalue weighted by molar-refractivity contribution is -0.136. The highest BCUT2D eigenvalue weighted by molar-refractivity contribution is 7.17. The Bertz CT molecular complexity index is 971. The molecule has 1 aromatic heterocycles. The van der Waals surface area contributed by atoms with Gasteiger partial charge in [-0.3, -0.25) is 9.59 Å². The third kappa shape index (κ3) is 5.05. The summed E-state index contributed by atoms with van der Waals surface area (Å²) in [5.74, 6) is -2.90. The summed E-state index contributed by atoms with van der Waals surface area (Å²) in [5, 5.41) is 6.46. The number of carbonyl (C=O) groups is 3. The lowest BCUT2D eigenvalue weighted by Gasteiger charge is -2.12. The quantitative estimate of drug-likeness (QED) is 0.338. The number of rotatable bonds is 5. The van der Waals surface area contributed by atoms with Crippen LogP contribution < -0.4 is 10.7 Å². The molecule has 1 aliphatic rings. The second kappa shape index (κ2) is 9.42. The molecule has 0 saturated heterocycles. The number of benzene rings is 1. The van der Waals surface area contributed by atoms with Crippen molar-refractivity contribution < 1.29 is 23.5 Å². The highest BCUT2D eigenvalue weighted by Gasteiger charge is 2.28. The van der Waals surface area contributed by atoms with E-state index in [1.165, 1.54) is 35.8 Å². The van der Waals surface area contributed by atoms with E-state index < -0.39 is 23.6 Å². The van der Waals surface area contributed by atoms with Crippen LogP contribution in [0.15, 0.2) is 29.4 Å². The summed E-state index contributed by atoms with van der Waals surface area (Å²) in [6.45, 7) is 1.92. The average Bonchev–Trinajstić information content (AvgIpc) is 3.06. The lowest BCUT2D eigenvalue weighted by atomic mass is 9.95. The number of halogens is 1. The van der Waals surface area contributed by atoms with E-state index in [9.17, 15) is 18.8 Å². The number of fused-ring (bicyclic) bond motifs is 1. The summed E-state index contributed by atoms with van der Waals surface area (Å²) in [5.41, 5.74) is 3.74. The normalized spacial score (nSPS) is 13.0. The van der Waals surface area contributed by atoms with Crippen molar-refractivity contribution in [3.63, 3.8) is 0 Å². The van der Waals surface area contributed by atoms with Gasteiger partial charge in [-0.2, -0.15) is 5.10 Å². The number of hydrazone groups is 1. The Kier molecular flexibility index (Phi) is 6.71. The molecule has 9 heteroatoms. The van der Waals surface area contributed by atoms with E-state index in [0.29, 0.717) is 16.1 Å². The van der Waals surface area contributed by atoms with Crippen molar-refractivity contribution >= 4 is 40.3 Å². The SMILES string of the molecule is CCOC(=O)c1c(NC(=O)C(=O)N/N=C\c2cccc(F)c2)sc2c1CCCC2. The molecule has 152 valence electrons. The molecule has 1 aromatic carbocycles. The molecule has 1 aliphatic carbocycles. The zero-order chi connectivity index (χ0) is 20.8. The molecule has 0 atom stereocenters. The minimum absolute atomic E-state index is 0.214. The van der Waals surface area contributed by atoms with E-state index in [1.54, 1.807) is 13.0 Å². The van der Waals surface area contributed by atoms with Gasteiger partial charge in [0.25, 0.3) is 0 Å². The van der Waals surface area contributed by atoms with Crippen LogP contribution in [0.4, 0.5) is 9.39 Å². The van der Waals surface area contributed by atoms with E-state index in [2.05, 4.69) is 15.8 Å². The fourth-order valence-electron chi connectivity index (χ4n) is 3.04. The van der Waals surface area contributed by atoms with Crippen LogP contribution in [0.1, 0.15) is 46.1 Å². The molecule has 2 amide bonds. The van der Waals surface area contributed by atoms with E-state index in [0.717, 1.165) is 36.1 Å². The zero-order valence-electron chi connectivity index (χ0n) is 15.8. The molecule has 2 N–H and O–H groups in total. The van der Waals surface area contributed by atoms with Gasteiger partial charge in [0.1, 0.15) is 10.8 Å². The molecule has 0 fully saturated rings. The highest BCUT2D eigenvalue weighted by Crippen LogP contribution is 2.38. The van der Waals surface area contributed by atoms with Crippen molar-refractivity contribution in [2.45, 2.75) is 32.6 Å². The molecular formula is C20H20FN3O4S. The standard InChI is InChI=1S/C20H20FN3O4S/c1-2-28-20(27)16-14-8-3-4-9-15(14)29-19(16)23-17(25)18(26)24-22-11-12-6-5-7-13(21)10-12/h5-7,10-11H,2-4,8-9H2,1H3,(H,23,25)(H,24,26)/b22-11-. The molecule has 0 unspecified atom stereocenters. The number of carbonyl (C=O) groups excluding carboxylic acids is 3. The maximum atomic E-state index is 13.1. The predicted molar refractivity (Wildman–Crippen MR) is 108 cm³/mol. The number of hydrogen-bond acceptors (Lipinski definition) is 6. The highest BCUT2D eigenvalue weighted by atomic mass is 32.1. The monoisotopic (exact) mass is 417 g/mol. The molecule has 0 radical (unpaired) electrons. The Hall–Kier alpha value is -3.07. The van der Waals surface area contributed by atoms with Gasteiger partial charge in [0.2, 0.25) is 0 Å². The van der Waals surface area contributed by atoms with Crippen LogP contribution in [-0.2, 0) is 27.2 Å². The smallest absolute Gasteiger partial charge is 0.341 e. The summed E-state index contributed by atoms with van der Waals surface area (Å²) in [7, 11) is 0. The number of amides is 2. The Morgan fingerprint density at radius 3 is 2.79 bits per heavy atom. The van der Waals surface area contributed by atoms with E-state index >= 15 is 0 Å². The largest absolute Gasteiger partial charge is 0.462 e. The first-order valence-electron chi connectivity index (χ1n) is 9.21. The second-order valence-corrected chi connectivity index (χ2v) is 7.45. The van der Waals surface area contributed by atoms with Crippen molar-refractivity contribution in [2.75, 3.05) is 11.9 Å². The Morgan fingerprint density at radius 1 is 1.24 bits per heavy atom. The zero-order valence-corrected chi connectivity index (χ0v) is 16.6. The van der Waals surface area contributed by atoms with Gasteiger partial charge in [-0.05, 0) is 55.9 Å². The first-order valence-corrected chi connectivity index (χ1v) is 10.0. The van der Waals surface area contributed by atoms with Crippen molar-refractivity contribution in [3.8, 4) is 0 Å². The fourth-order valence-corrected chi connectivity index (χ4v) is 4.31. The second-order valence-electron chi connectivity index (χ2n) is 6.34.